The fourth-order valence-corrected chi connectivity index (χ4v) is 5.25. The van der Waals surface area contributed by atoms with Gasteiger partial charge in [0.05, 0.1) is 21.3 Å². The summed E-state index contributed by atoms with van der Waals surface area (Å²) in [7, 11) is 4.71. The number of ether oxygens (including phenoxy) is 3. The van der Waals surface area contributed by atoms with Crippen molar-refractivity contribution < 1.29 is 19.0 Å². The van der Waals surface area contributed by atoms with Crippen LogP contribution in [-0.4, -0.2) is 41.9 Å². The van der Waals surface area contributed by atoms with Gasteiger partial charge in [-0.25, -0.2) is 4.68 Å². The van der Waals surface area contributed by atoms with Crippen LogP contribution in [0.3, 0.4) is 0 Å². The highest BCUT2D eigenvalue weighted by Gasteiger charge is 2.40. The number of rotatable bonds is 5. The zero-order valence-electron chi connectivity index (χ0n) is 18.8. The van der Waals surface area contributed by atoms with Crippen LogP contribution in [0.2, 0.25) is 10.0 Å². The van der Waals surface area contributed by atoms with E-state index in [1.165, 1.54) is 6.33 Å². The van der Waals surface area contributed by atoms with E-state index < -0.39 is 6.04 Å². The van der Waals surface area contributed by atoms with E-state index in [4.69, 9.17) is 37.4 Å². The average molecular weight is 501 g/mol. The number of nitrogens with zero attached hydrogens (tertiary/aromatic N) is 3. The minimum absolute atomic E-state index is 0.00432. The Balaban J connectivity index is 1.59. The maximum Gasteiger partial charge on any atom is 0.226 e. The van der Waals surface area contributed by atoms with Gasteiger partial charge in [-0.3, -0.25) is 4.79 Å². The van der Waals surface area contributed by atoms with Crippen molar-refractivity contribution in [1.29, 1.82) is 0 Å². The van der Waals surface area contributed by atoms with Crippen molar-refractivity contribution in [1.82, 2.24) is 14.8 Å². The zero-order valence-corrected chi connectivity index (χ0v) is 20.3. The van der Waals surface area contributed by atoms with Crippen molar-refractivity contribution in [2.75, 3.05) is 26.6 Å². The molecule has 0 spiro atoms. The molecule has 3 aromatic rings. The Morgan fingerprint density at radius 2 is 1.76 bits per heavy atom. The third kappa shape index (κ3) is 3.67. The summed E-state index contributed by atoms with van der Waals surface area (Å²) < 4.78 is 18.2. The number of Topliss-reactive ketones (excluding diaryl/α,β-unsaturated/α-hetero) is 1. The number of methoxy groups -OCH3 is 3. The van der Waals surface area contributed by atoms with Crippen molar-refractivity contribution in [3.8, 4) is 17.2 Å². The molecule has 2 atom stereocenters. The van der Waals surface area contributed by atoms with E-state index in [0.717, 1.165) is 16.8 Å². The summed E-state index contributed by atoms with van der Waals surface area (Å²) in [6, 6.07) is 8.55. The number of halogens is 2. The van der Waals surface area contributed by atoms with E-state index in [-0.39, 0.29) is 11.7 Å². The second-order valence-corrected chi connectivity index (χ2v) is 8.94. The smallest absolute Gasteiger partial charge is 0.226 e. The van der Waals surface area contributed by atoms with E-state index in [2.05, 4.69) is 15.4 Å². The molecule has 0 saturated carbocycles. The molecule has 0 radical (unpaired) electrons. The second kappa shape index (κ2) is 8.85. The summed E-state index contributed by atoms with van der Waals surface area (Å²) in [5, 5.41) is 8.66. The Hall–Kier alpha value is -3.23. The number of hydrogen-bond donors (Lipinski definition) is 1. The number of aromatic nitrogens is 3. The van der Waals surface area contributed by atoms with E-state index in [9.17, 15) is 4.79 Å². The molecule has 1 aromatic heterocycles. The van der Waals surface area contributed by atoms with E-state index >= 15 is 0 Å². The van der Waals surface area contributed by atoms with Gasteiger partial charge in [0.15, 0.2) is 17.3 Å². The lowest BCUT2D eigenvalue weighted by Gasteiger charge is -2.35. The molecule has 0 saturated heterocycles. The summed E-state index contributed by atoms with van der Waals surface area (Å²) in [6.45, 7) is 0. The minimum Gasteiger partial charge on any atom is -0.493 e. The first-order valence-corrected chi connectivity index (χ1v) is 11.4. The number of ketones is 1. The number of hydrogen-bond acceptors (Lipinski definition) is 7. The van der Waals surface area contributed by atoms with Gasteiger partial charge in [-0.1, -0.05) is 29.3 Å². The standard InChI is InChI=1S/C24H22Cl2N4O4/c1-32-19-8-13(9-20(33-2)23(19)34-3)12-6-17-21(18(31)7-12)22(30-24(29-17)27-11-28-30)15-5-4-14(25)10-16(15)26/h4-5,8-12,22H,6-7H2,1-3H3,(H,27,28,29). The van der Waals surface area contributed by atoms with E-state index in [1.54, 1.807) is 38.1 Å². The van der Waals surface area contributed by atoms with Gasteiger partial charge in [0.25, 0.3) is 0 Å². The predicted octanol–water partition coefficient (Wildman–Crippen LogP) is 5.03. The molecule has 1 aliphatic carbocycles. The van der Waals surface area contributed by atoms with Crippen LogP contribution < -0.4 is 19.5 Å². The maximum atomic E-state index is 13.6. The molecule has 5 rings (SSSR count). The molecule has 34 heavy (non-hydrogen) atoms. The quantitative estimate of drug-likeness (QED) is 0.525. The zero-order chi connectivity index (χ0) is 24.0. The maximum absolute atomic E-state index is 13.6. The first kappa shape index (κ1) is 22.6. The molecular weight excluding hydrogens is 479 g/mol. The van der Waals surface area contributed by atoms with Crippen LogP contribution in [0, 0.1) is 0 Å². The van der Waals surface area contributed by atoms with E-state index in [0.29, 0.717) is 51.7 Å². The summed E-state index contributed by atoms with van der Waals surface area (Å²) in [5.41, 5.74) is 3.09. The van der Waals surface area contributed by atoms with Gasteiger partial charge in [-0.05, 0) is 42.2 Å². The largest absolute Gasteiger partial charge is 0.493 e. The Bertz CT molecular complexity index is 1300. The predicted molar refractivity (Wildman–Crippen MR) is 128 cm³/mol. The highest BCUT2D eigenvalue weighted by molar-refractivity contribution is 6.35. The topological polar surface area (TPSA) is 87.5 Å². The molecule has 2 heterocycles. The van der Waals surface area contributed by atoms with Crippen LogP contribution in [0.15, 0.2) is 47.9 Å². The van der Waals surface area contributed by atoms with Crippen LogP contribution in [0.5, 0.6) is 17.2 Å². The molecule has 1 aliphatic heterocycles. The van der Waals surface area contributed by atoms with E-state index in [1.807, 2.05) is 18.2 Å². The molecular formula is C24H22Cl2N4O4. The Kier molecular flexibility index (Phi) is 5.87. The van der Waals surface area contributed by atoms with Crippen LogP contribution >= 0.6 is 23.2 Å². The number of carbonyl (C=O) groups is 1. The van der Waals surface area contributed by atoms with Crippen LogP contribution in [-0.2, 0) is 4.79 Å². The average Bonchev–Trinajstić information content (AvgIpc) is 3.30. The van der Waals surface area contributed by atoms with Crippen LogP contribution in [0.4, 0.5) is 5.95 Å². The number of nitrogens with one attached hydrogen (secondary N) is 1. The molecule has 8 nitrogen and oxygen atoms in total. The number of fused-ring (bicyclic) bond motifs is 1. The third-order valence-electron chi connectivity index (χ3n) is 6.28. The van der Waals surface area contributed by atoms with Crippen LogP contribution in [0.25, 0.3) is 0 Å². The lowest BCUT2D eigenvalue weighted by Crippen LogP contribution is -2.33. The molecule has 0 fully saturated rings. The molecule has 0 amide bonds. The first-order chi connectivity index (χ1) is 16.4. The number of carbonyl (C=O) groups excluding carboxylic acids is 1. The lowest BCUT2D eigenvalue weighted by molar-refractivity contribution is -0.116. The highest BCUT2D eigenvalue weighted by Crippen LogP contribution is 2.47. The summed E-state index contributed by atoms with van der Waals surface area (Å²) in [6.07, 6.45) is 2.36. The first-order valence-electron chi connectivity index (χ1n) is 10.6. The fourth-order valence-electron chi connectivity index (χ4n) is 4.74. The Morgan fingerprint density at radius 3 is 2.41 bits per heavy atom. The molecule has 2 aliphatic rings. The van der Waals surface area contributed by atoms with Crippen LogP contribution in [0.1, 0.15) is 35.9 Å². The summed E-state index contributed by atoms with van der Waals surface area (Å²) in [5.74, 6) is 2.07. The molecule has 2 aromatic carbocycles. The van der Waals surface area contributed by atoms with Gasteiger partial charge in [0.2, 0.25) is 11.7 Å². The summed E-state index contributed by atoms with van der Waals surface area (Å²) in [4.78, 5) is 18.0. The van der Waals surface area contributed by atoms with Gasteiger partial charge >= 0.3 is 0 Å². The Labute approximate surface area is 206 Å². The monoisotopic (exact) mass is 500 g/mol. The van der Waals surface area contributed by atoms with Crippen molar-refractivity contribution in [2.45, 2.75) is 24.8 Å². The number of allylic oxidation sites excluding steroid dienone is 2. The van der Waals surface area contributed by atoms with Crippen molar-refractivity contribution in [2.24, 2.45) is 0 Å². The van der Waals surface area contributed by atoms with Gasteiger partial charge in [0.1, 0.15) is 12.4 Å². The number of benzene rings is 2. The normalized spacial score (nSPS) is 19.3. The van der Waals surface area contributed by atoms with Crippen molar-refractivity contribution in [3.63, 3.8) is 0 Å². The molecule has 0 bridgehead atoms. The minimum atomic E-state index is -0.494. The van der Waals surface area contributed by atoms with Gasteiger partial charge in [-0.2, -0.15) is 10.1 Å². The molecule has 176 valence electrons. The SMILES string of the molecule is COc1cc(C2CC(=O)C3=C(C2)Nc2ncnn2C3c2ccc(Cl)cc2Cl)cc(OC)c1OC. The highest BCUT2D eigenvalue weighted by atomic mass is 35.5. The van der Waals surface area contributed by atoms with Crippen molar-refractivity contribution >= 4 is 34.9 Å². The molecule has 10 heteroatoms. The third-order valence-corrected chi connectivity index (χ3v) is 6.84. The summed E-state index contributed by atoms with van der Waals surface area (Å²) >= 11 is 12.7. The molecule has 1 N–H and O–H groups in total. The second-order valence-electron chi connectivity index (χ2n) is 8.10. The van der Waals surface area contributed by atoms with Gasteiger partial charge < -0.3 is 19.5 Å². The number of anilines is 1. The molecule has 2 unspecified atom stereocenters. The fraction of sp³-hybridized carbons (Fsp3) is 0.292. The van der Waals surface area contributed by atoms with Gasteiger partial charge in [0, 0.05) is 33.3 Å². The Morgan fingerprint density at radius 1 is 1.03 bits per heavy atom. The van der Waals surface area contributed by atoms with Gasteiger partial charge in [-0.15, -0.1) is 0 Å². The van der Waals surface area contributed by atoms with Crippen molar-refractivity contribution in [3.05, 3.63) is 69.1 Å². The lowest BCUT2D eigenvalue weighted by atomic mass is 9.77.